The summed E-state index contributed by atoms with van der Waals surface area (Å²) in [5.74, 6) is -0.166. The quantitative estimate of drug-likeness (QED) is 0.340. The number of H-pyrrole nitrogens is 1. The third-order valence-electron chi connectivity index (χ3n) is 6.95. The number of ketones is 1. The molecule has 10 heteroatoms. The van der Waals surface area contributed by atoms with Crippen LogP contribution in [0.4, 0.5) is 10.5 Å². The Kier molecular flexibility index (Phi) is 6.02. The molecule has 0 unspecified atom stereocenters. The first-order valence-corrected chi connectivity index (χ1v) is 12.2. The third-order valence-corrected chi connectivity index (χ3v) is 6.95. The molecule has 0 spiro atoms. The van der Waals surface area contributed by atoms with Crippen molar-refractivity contribution in [2.45, 2.75) is 19.1 Å². The number of β-amino-alcohol motifs (C(OH)–C–C–N with tert-alkyl or cyclic N) is 1. The molecular formula is C26H28N6O4. The van der Waals surface area contributed by atoms with E-state index >= 15 is 0 Å². The zero-order chi connectivity index (χ0) is 24.6. The van der Waals surface area contributed by atoms with Gasteiger partial charge in [-0.3, -0.25) is 20.2 Å². The SMILES string of the molecule is O=C(Nc1cccc2c1C(=O)c1c(-c3ccc(CN4CC[C@@H](O)C4)cc3)n[nH]c1-2)NN1CCOCC1. The molecular weight excluding hydrogens is 460 g/mol. The molecule has 6 rings (SSSR count). The minimum Gasteiger partial charge on any atom is -0.392 e. The van der Waals surface area contributed by atoms with E-state index in [1.54, 1.807) is 11.1 Å². The van der Waals surface area contributed by atoms with Crippen molar-refractivity contribution in [3.8, 4) is 22.5 Å². The monoisotopic (exact) mass is 488 g/mol. The predicted octanol–water partition coefficient (Wildman–Crippen LogP) is 2.22. The maximum Gasteiger partial charge on any atom is 0.333 e. The molecule has 2 amide bonds. The number of anilines is 1. The summed E-state index contributed by atoms with van der Waals surface area (Å²) < 4.78 is 5.31. The van der Waals surface area contributed by atoms with Crippen LogP contribution in [0.5, 0.6) is 0 Å². The van der Waals surface area contributed by atoms with Gasteiger partial charge in [0.05, 0.1) is 41.8 Å². The highest BCUT2D eigenvalue weighted by molar-refractivity contribution is 6.26. The number of carbonyl (C=O) groups is 2. The van der Waals surface area contributed by atoms with Gasteiger partial charge in [-0.25, -0.2) is 9.80 Å². The summed E-state index contributed by atoms with van der Waals surface area (Å²) in [7, 11) is 0. The second-order valence-electron chi connectivity index (χ2n) is 9.42. The number of benzene rings is 2. The zero-order valence-electron chi connectivity index (χ0n) is 19.8. The number of ether oxygens (including phenoxy) is 1. The standard InChI is InChI=1S/C26H28N6O4/c33-18-8-9-31(15-18)14-16-4-6-17(7-5-16)23-22-24(29-28-23)19-2-1-3-20(21(19)25(22)34)27-26(35)30-32-10-12-36-13-11-32/h1-7,18,33H,8-15H2,(H,28,29)(H2,27,30,35)/t18-/m1/s1. The molecule has 1 atom stereocenters. The van der Waals surface area contributed by atoms with Crippen LogP contribution in [0.3, 0.4) is 0 Å². The number of fused-ring (bicyclic) bond motifs is 3. The Morgan fingerprint density at radius 1 is 1.11 bits per heavy atom. The molecule has 0 radical (unpaired) electrons. The van der Waals surface area contributed by atoms with Gasteiger partial charge in [-0.2, -0.15) is 5.10 Å². The molecule has 0 bridgehead atoms. The molecule has 3 aliphatic rings. The van der Waals surface area contributed by atoms with Gasteiger partial charge in [-0.05, 0) is 18.1 Å². The fourth-order valence-electron chi connectivity index (χ4n) is 5.15. The van der Waals surface area contributed by atoms with E-state index in [4.69, 9.17) is 4.74 Å². The van der Waals surface area contributed by atoms with Crippen LogP contribution in [0, 0.1) is 0 Å². The number of hydrazine groups is 1. The molecule has 3 heterocycles. The van der Waals surface area contributed by atoms with Crippen molar-refractivity contribution in [3.63, 3.8) is 0 Å². The van der Waals surface area contributed by atoms with Gasteiger partial charge >= 0.3 is 6.03 Å². The molecule has 2 saturated heterocycles. The largest absolute Gasteiger partial charge is 0.392 e. The number of likely N-dealkylation sites (tertiary alicyclic amines) is 1. The maximum atomic E-state index is 13.6. The van der Waals surface area contributed by atoms with Crippen molar-refractivity contribution in [1.82, 2.24) is 25.5 Å². The normalized spacial score (nSPS) is 19.8. The van der Waals surface area contributed by atoms with Crippen molar-refractivity contribution < 1.29 is 19.4 Å². The van der Waals surface area contributed by atoms with E-state index in [9.17, 15) is 14.7 Å². The number of hydrogen-bond donors (Lipinski definition) is 4. The molecule has 0 saturated carbocycles. The number of aromatic amines is 1. The Balaban J connectivity index is 1.21. The van der Waals surface area contributed by atoms with E-state index < -0.39 is 6.03 Å². The lowest BCUT2D eigenvalue weighted by Crippen LogP contribution is -2.49. The first-order valence-electron chi connectivity index (χ1n) is 12.2. The zero-order valence-corrected chi connectivity index (χ0v) is 19.8. The van der Waals surface area contributed by atoms with Gasteiger partial charge < -0.3 is 15.2 Å². The molecule has 2 aromatic carbocycles. The predicted molar refractivity (Wildman–Crippen MR) is 133 cm³/mol. The Hall–Kier alpha value is -3.57. The summed E-state index contributed by atoms with van der Waals surface area (Å²) in [5.41, 5.74) is 8.23. The second kappa shape index (κ2) is 9.47. The number of aliphatic hydroxyl groups excluding tert-OH is 1. The average Bonchev–Trinajstić information content (AvgIpc) is 3.57. The van der Waals surface area contributed by atoms with Crippen molar-refractivity contribution in [2.75, 3.05) is 44.7 Å². The first kappa shape index (κ1) is 22.9. The second-order valence-corrected chi connectivity index (χ2v) is 9.42. The van der Waals surface area contributed by atoms with Gasteiger partial charge in [0.2, 0.25) is 0 Å². The van der Waals surface area contributed by atoms with E-state index in [0.717, 1.165) is 36.2 Å². The summed E-state index contributed by atoms with van der Waals surface area (Å²) in [5, 5.41) is 21.9. The average molecular weight is 489 g/mol. The van der Waals surface area contributed by atoms with Crippen LogP contribution in [0.15, 0.2) is 42.5 Å². The van der Waals surface area contributed by atoms with Crippen LogP contribution >= 0.6 is 0 Å². The smallest absolute Gasteiger partial charge is 0.333 e. The van der Waals surface area contributed by atoms with Crippen LogP contribution < -0.4 is 10.7 Å². The number of nitrogens with zero attached hydrogens (tertiary/aromatic N) is 3. The Morgan fingerprint density at radius 2 is 1.92 bits per heavy atom. The van der Waals surface area contributed by atoms with E-state index in [-0.39, 0.29) is 11.9 Å². The molecule has 2 aliphatic heterocycles. The molecule has 1 aromatic heterocycles. The van der Waals surface area contributed by atoms with E-state index in [0.29, 0.717) is 61.1 Å². The highest BCUT2D eigenvalue weighted by Crippen LogP contribution is 2.42. The molecule has 4 N–H and O–H groups in total. The summed E-state index contributed by atoms with van der Waals surface area (Å²) >= 11 is 0. The Morgan fingerprint density at radius 3 is 2.67 bits per heavy atom. The fraction of sp³-hybridized carbons (Fsp3) is 0.346. The Bertz CT molecular complexity index is 1300. The lowest BCUT2D eigenvalue weighted by molar-refractivity contribution is 0.0207. The number of nitrogens with one attached hydrogen (secondary N) is 3. The van der Waals surface area contributed by atoms with Gasteiger partial charge in [0, 0.05) is 43.9 Å². The van der Waals surface area contributed by atoms with E-state index in [1.165, 1.54) is 0 Å². The maximum absolute atomic E-state index is 13.6. The lowest BCUT2D eigenvalue weighted by Gasteiger charge is -2.27. The van der Waals surface area contributed by atoms with Gasteiger partial charge in [-0.1, -0.05) is 36.4 Å². The summed E-state index contributed by atoms with van der Waals surface area (Å²) in [4.78, 5) is 28.4. The minimum absolute atomic E-state index is 0.166. The van der Waals surface area contributed by atoms with E-state index in [2.05, 4.69) is 25.8 Å². The van der Waals surface area contributed by atoms with Gasteiger partial charge in [0.15, 0.2) is 5.78 Å². The highest BCUT2D eigenvalue weighted by atomic mass is 16.5. The molecule has 2 fully saturated rings. The van der Waals surface area contributed by atoms with Gasteiger partial charge in [0.1, 0.15) is 5.69 Å². The number of amides is 2. The third kappa shape index (κ3) is 4.28. The van der Waals surface area contributed by atoms with Crippen LogP contribution in [-0.4, -0.2) is 82.5 Å². The lowest BCUT2D eigenvalue weighted by atomic mass is 10.0. The number of urea groups is 1. The van der Waals surface area contributed by atoms with Crippen molar-refractivity contribution in [2.24, 2.45) is 0 Å². The van der Waals surface area contributed by atoms with Crippen LogP contribution in [-0.2, 0) is 11.3 Å². The van der Waals surface area contributed by atoms with Crippen molar-refractivity contribution in [1.29, 1.82) is 0 Å². The summed E-state index contributed by atoms with van der Waals surface area (Å²) in [6.45, 7) is 4.71. The topological polar surface area (TPSA) is 123 Å². The van der Waals surface area contributed by atoms with Crippen molar-refractivity contribution >= 4 is 17.5 Å². The first-order chi connectivity index (χ1) is 17.6. The minimum atomic E-state index is -0.395. The molecule has 186 valence electrons. The molecule has 10 nitrogen and oxygen atoms in total. The molecule has 1 aliphatic carbocycles. The van der Waals surface area contributed by atoms with Crippen LogP contribution in [0.25, 0.3) is 22.5 Å². The van der Waals surface area contributed by atoms with E-state index in [1.807, 2.05) is 36.4 Å². The van der Waals surface area contributed by atoms with Crippen LogP contribution in [0.2, 0.25) is 0 Å². The fourth-order valence-corrected chi connectivity index (χ4v) is 5.15. The van der Waals surface area contributed by atoms with Crippen LogP contribution in [0.1, 0.15) is 27.9 Å². The highest BCUT2D eigenvalue weighted by Gasteiger charge is 2.35. The Labute approximate surface area is 208 Å². The number of aromatic nitrogens is 2. The summed E-state index contributed by atoms with van der Waals surface area (Å²) in [6.07, 6.45) is 0.569. The summed E-state index contributed by atoms with van der Waals surface area (Å²) in [6, 6.07) is 13.0. The molecule has 36 heavy (non-hydrogen) atoms. The van der Waals surface area contributed by atoms with Gasteiger partial charge in [0.25, 0.3) is 0 Å². The number of hydrogen-bond acceptors (Lipinski definition) is 7. The molecule has 3 aromatic rings. The number of rotatable bonds is 5. The number of carbonyl (C=O) groups excluding carboxylic acids is 2. The van der Waals surface area contributed by atoms with Gasteiger partial charge in [-0.15, -0.1) is 0 Å². The number of aliphatic hydroxyl groups is 1. The number of morpholine rings is 1. The van der Waals surface area contributed by atoms with Crippen molar-refractivity contribution in [3.05, 3.63) is 59.2 Å².